The van der Waals surface area contributed by atoms with Crippen molar-refractivity contribution < 1.29 is 4.39 Å². The highest BCUT2D eigenvalue weighted by Gasteiger charge is 2.30. The average molecular weight is 366 g/mol. The van der Waals surface area contributed by atoms with E-state index in [1.165, 1.54) is 67.6 Å². The van der Waals surface area contributed by atoms with E-state index in [0.29, 0.717) is 17.8 Å². The van der Waals surface area contributed by atoms with Crippen LogP contribution in [0.4, 0.5) is 4.39 Å². The Hall–Kier alpha value is -1.67. The Labute approximate surface area is 163 Å². The fourth-order valence-electron chi connectivity index (χ4n) is 5.32. The fraction of sp³-hybridized carbons (Fsp3) is 0.520. The molecule has 0 amide bonds. The summed E-state index contributed by atoms with van der Waals surface area (Å²) in [7, 11) is 0. The molecule has 1 aliphatic carbocycles. The number of halogens is 1. The summed E-state index contributed by atoms with van der Waals surface area (Å²) in [6.45, 7) is 8.42. The number of hydrogen-bond acceptors (Lipinski definition) is 1. The van der Waals surface area contributed by atoms with E-state index in [0.717, 1.165) is 6.42 Å². The van der Waals surface area contributed by atoms with Crippen LogP contribution >= 0.6 is 0 Å². The van der Waals surface area contributed by atoms with Crippen LogP contribution in [-0.4, -0.2) is 24.5 Å². The molecule has 1 fully saturated rings. The van der Waals surface area contributed by atoms with Crippen LogP contribution in [-0.2, 0) is 6.42 Å². The van der Waals surface area contributed by atoms with Gasteiger partial charge < -0.3 is 4.90 Å². The van der Waals surface area contributed by atoms with Gasteiger partial charge in [-0.1, -0.05) is 50.6 Å². The molecule has 4 rings (SSSR count). The Morgan fingerprint density at radius 2 is 1.74 bits per heavy atom. The molecule has 27 heavy (non-hydrogen) atoms. The minimum Gasteiger partial charge on any atom is -0.303 e. The lowest BCUT2D eigenvalue weighted by Gasteiger charge is -2.32. The van der Waals surface area contributed by atoms with Gasteiger partial charge >= 0.3 is 0 Å². The number of nitrogens with zero attached hydrogens (tertiary/aromatic N) is 1. The van der Waals surface area contributed by atoms with E-state index < -0.39 is 0 Å². The summed E-state index contributed by atoms with van der Waals surface area (Å²) in [5, 5.41) is 0. The predicted octanol–water partition coefficient (Wildman–Crippen LogP) is 6.13. The van der Waals surface area contributed by atoms with Crippen LogP contribution in [0.3, 0.4) is 0 Å². The quantitative estimate of drug-likeness (QED) is 0.630. The maximum absolute atomic E-state index is 14.0. The first-order chi connectivity index (χ1) is 13.1. The fourth-order valence-corrected chi connectivity index (χ4v) is 5.32. The number of benzene rings is 2. The second kappa shape index (κ2) is 8.14. The van der Waals surface area contributed by atoms with Gasteiger partial charge in [-0.3, -0.25) is 0 Å². The second-order valence-electron chi connectivity index (χ2n) is 8.82. The average Bonchev–Trinajstić information content (AvgIpc) is 2.78. The van der Waals surface area contributed by atoms with Crippen LogP contribution in [0.1, 0.15) is 73.6 Å². The molecule has 2 aliphatic rings. The van der Waals surface area contributed by atoms with Crippen molar-refractivity contribution in [2.45, 2.75) is 57.8 Å². The molecular formula is C25H32FN. The molecule has 0 aromatic heterocycles. The lowest BCUT2D eigenvalue weighted by molar-refractivity contribution is 0.191. The van der Waals surface area contributed by atoms with Crippen molar-refractivity contribution in [1.82, 2.24) is 4.90 Å². The summed E-state index contributed by atoms with van der Waals surface area (Å²) in [5.41, 5.74) is 5.40. The van der Waals surface area contributed by atoms with Crippen LogP contribution in [0.15, 0.2) is 42.5 Å². The van der Waals surface area contributed by atoms with E-state index in [2.05, 4.69) is 43.0 Å². The third-order valence-corrected chi connectivity index (χ3v) is 6.71. The van der Waals surface area contributed by atoms with E-state index >= 15 is 0 Å². The van der Waals surface area contributed by atoms with Gasteiger partial charge in [-0.05, 0) is 90.9 Å². The highest BCUT2D eigenvalue weighted by Crippen LogP contribution is 2.43. The molecule has 0 bridgehead atoms. The van der Waals surface area contributed by atoms with E-state index in [1.54, 1.807) is 12.1 Å². The van der Waals surface area contributed by atoms with Gasteiger partial charge in [0.15, 0.2) is 0 Å². The number of rotatable bonds is 4. The predicted molar refractivity (Wildman–Crippen MR) is 111 cm³/mol. The Bertz CT molecular complexity index is 778. The van der Waals surface area contributed by atoms with Crippen LogP contribution in [0, 0.1) is 11.7 Å². The van der Waals surface area contributed by atoms with Crippen LogP contribution in [0.5, 0.6) is 0 Å². The molecule has 2 aromatic carbocycles. The lowest BCUT2D eigenvalue weighted by Crippen LogP contribution is -2.34. The number of hydrogen-bond donors (Lipinski definition) is 0. The van der Waals surface area contributed by atoms with Crippen LogP contribution in [0.2, 0.25) is 0 Å². The summed E-state index contributed by atoms with van der Waals surface area (Å²) < 4.78 is 14.0. The molecule has 1 heterocycles. The maximum atomic E-state index is 14.0. The zero-order valence-electron chi connectivity index (χ0n) is 16.8. The first-order valence-electron chi connectivity index (χ1n) is 10.7. The van der Waals surface area contributed by atoms with Crippen molar-refractivity contribution in [3.8, 4) is 0 Å². The number of likely N-dealkylation sites (tertiary alicyclic amines) is 1. The maximum Gasteiger partial charge on any atom is 0.123 e. The van der Waals surface area contributed by atoms with Crippen LogP contribution in [0.25, 0.3) is 0 Å². The standard InChI is InChI=1S/C25H32FN/c1-18(17-27-12-6-3-7-13-27)14-25-19(2)24-16-22(26)11-10-21(24)15-20-8-4-5-9-23(20)25/h4-5,8-11,16,18-19,25H,3,6-7,12-15,17H2,1-2H3/t18-,19?,25?/m1/s1. The van der Waals surface area contributed by atoms with Gasteiger partial charge in [0.25, 0.3) is 0 Å². The van der Waals surface area contributed by atoms with Gasteiger partial charge in [-0.25, -0.2) is 4.39 Å². The molecule has 2 heteroatoms. The molecule has 0 spiro atoms. The van der Waals surface area contributed by atoms with Crippen molar-refractivity contribution in [2.75, 3.05) is 19.6 Å². The topological polar surface area (TPSA) is 3.24 Å². The largest absolute Gasteiger partial charge is 0.303 e. The Kier molecular flexibility index (Phi) is 5.63. The first kappa shape index (κ1) is 18.7. The molecule has 3 atom stereocenters. The molecule has 1 aliphatic heterocycles. The normalized spacial score (nSPS) is 24.0. The van der Waals surface area contributed by atoms with Gasteiger partial charge in [0, 0.05) is 6.54 Å². The van der Waals surface area contributed by atoms with E-state index in [4.69, 9.17) is 0 Å². The van der Waals surface area contributed by atoms with Gasteiger partial charge in [-0.15, -0.1) is 0 Å². The second-order valence-corrected chi connectivity index (χ2v) is 8.82. The van der Waals surface area contributed by atoms with E-state index in [1.807, 2.05) is 6.07 Å². The monoisotopic (exact) mass is 365 g/mol. The van der Waals surface area contributed by atoms with Crippen LogP contribution < -0.4 is 0 Å². The lowest BCUT2D eigenvalue weighted by atomic mass is 9.77. The first-order valence-corrected chi connectivity index (χ1v) is 10.7. The minimum absolute atomic E-state index is 0.105. The van der Waals surface area contributed by atoms with E-state index in [9.17, 15) is 4.39 Å². The van der Waals surface area contributed by atoms with E-state index in [-0.39, 0.29) is 5.82 Å². The van der Waals surface area contributed by atoms with Crippen molar-refractivity contribution in [3.05, 3.63) is 70.5 Å². The third-order valence-electron chi connectivity index (χ3n) is 6.71. The summed E-state index contributed by atoms with van der Waals surface area (Å²) in [5.74, 6) is 1.36. The Balaban J connectivity index is 1.61. The zero-order chi connectivity index (χ0) is 18.8. The summed E-state index contributed by atoms with van der Waals surface area (Å²) >= 11 is 0. The molecular weight excluding hydrogens is 333 g/mol. The van der Waals surface area contributed by atoms with Gasteiger partial charge in [0.2, 0.25) is 0 Å². The van der Waals surface area contributed by atoms with Gasteiger partial charge in [0.1, 0.15) is 5.82 Å². The molecule has 1 saturated heterocycles. The highest BCUT2D eigenvalue weighted by atomic mass is 19.1. The molecule has 144 valence electrons. The summed E-state index contributed by atoms with van der Waals surface area (Å²) in [6.07, 6.45) is 6.18. The highest BCUT2D eigenvalue weighted by molar-refractivity contribution is 5.45. The van der Waals surface area contributed by atoms with Gasteiger partial charge in [-0.2, -0.15) is 0 Å². The molecule has 2 unspecified atom stereocenters. The van der Waals surface area contributed by atoms with Crippen molar-refractivity contribution in [3.63, 3.8) is 0 Å². The summed E-state index contributed by atoms with van der Waals surface area (Å²) in [6, 6.07) is 14.3. The molecule has 0 radical (unpaired) electrons. The molecule has 1 nitrogen and oxygen atoms in total. The molecule has 2 aromatic rings. The van der Waals surface area contributed by atoms with Crippen molar-refractivity contribution in [2.24, 2.45) is 5.92 Å². The smallest absolute Gasteiger partial charge is 0.123 e. The van der Waals surface area contributed by atoms with Crippen molar-refractivity contribution >= 4 is 0 Å². The summed E-state index contributed by atoms with van der Waals surface area (Å²) in [4.78, 5) is 2.65. The third kappa shape index (κ3) is 4.11. The number of fused-ring (bicyclic) bond motifs is 2. The molecule has 0 saturated carbocycles. The van der Waals surface area contributed by atoms with Crippen molar-refractivity contribution in [1.29, 1.82) is 0 Å². The minimum atomic E-state index is -0.105. The Morgan fingerprint density at radius 1 is 1.00 bits per heavy atom. The van der Waals surface area contributed by atoms with Gasteiger partial charge in [0.05, 0.1) is 0 Å². The number of piperidine rings is 1. The Morgan fingerprint density at radius 3 is 2.56 bits per heavy atom. The zero-order valence-corrected chi connectivity index (χ0v) is 16.8. The SMILES string of the molecule is CC1c2cc(F)ccc2Cc2ccccc2C1C[C@@H](C)CN1CCCCC1. The molecule has 0 N–H and O–H groups in total.